The van der Waals surface area contributed by atoms with Crippen LogP contribution in [0.4, 0.5) is 16.2 Å². The number of nitrogen functional groups attached to an aromatic ring is 1. The summed E-state index contributed by atoms with van der Waals surface area (Å²) in [5.74, 6) is -2.54. The summed E-state index contributed by atoms with van der Waals surface area (Å²) in [6.07, 6.45) is 0.442. The van der Waals surface area contributed by atoms with Crippen LogP contribution in [0.15, 0.2) is 6.33 Å². The van der Waals surface area contributed by atoms with E-state index in [0.717, 1.165) is 0 Å². The SMILES string of the molecule is CNc1nc(N)nc2c1ncn2[C@@H]1O[C@](F)(CO[PH](=O)N[C@H](C)C(=O)OC(C)C)C[C@@H]1C. The fourth-order valence-corrected chi connectivity index (χ4v) is 4.37. The number of fused-ring (bicyclic) bond motifs is 1. The van der Waals surface area contributed by atoms with Crippen molar-refractivity contribution in [1.82, 2.24) is 24.6 Å². The van der Waals surface area contributed by atoms with Crippen LogP contribution in [0.5, 0.6) is 0 Å². The lowest BCUT2D eigenvalue weighted by molar-refractivity contribution is -0.172. The molecule has 32 heavy (non-hydrogen) atoms. The number of esters is 1. The number of nitrogens with zero attached hydrogens (tertiary/aromatic N) is 4. The van der Waals surface area contributed by atoms with Crippen LogP contribution in [0.25, 0.3) is 11.2 Å². The van der Waals surface area contributed by atoms with E-state index in [4.69, 9.17) is 19.7 Å². The van der Waals surface area contributed by atoms with Crippen LogP contribution in [0.2, 0.25) is 0 Å². The molecular formula is C18H29FN7O5P. The second-order valence-corrected chi connectivity index (χ2v) is 9.16. The van der Waals surface area contributed by atoms with Crippen molar-refractivity contribution in [2.45, 2.75) is 58.3 Å². The largest absolute Gasteiger partial charge is 0.462 e. The standard InChI is InChI=1S/C18H29FN7O5P/c1-9(2)30-16(27)11(4)25-32(28)29-7-18(19)6-10(3)15(31-18)26-8-22-12-13(21-5)23-17(20)24-14(12)26/h8-11,15,32H,6-7H2,1-5H3,(H,25,28)(H3,20,21,23,24)/t10-,11+,15+,18-/m0/s1. The molecule has 0 amide bonds. The first-order chi connectivity index (χ1) is 15.0. The molecule has 12 nitrogen and oxygen atoms in total. The maximum atomic E-state index is 15.4. The summed E-state index contributed by atoms with van der Waals surface area (Å²) < 4.78 is 45.0. The predicted octanol–water partition coefficient (Wildman–Crippen LogP) is 2.01. The van der Waals surface area contributed by atoms with Crippen molar-refractivity contribution >= 4 is 37.1 Å². The molecule has 0 bridgehead atoms. The Morgan fingerprint density at radius 3 is 2.84 bits per heavy atom. The first-order valence-electron chi connectivity index (χ1n) is 10.2. The number of ether oxygens (including phenoxy) is 2. The molecule has 4 N–H and O–H groups in total. The maximum Gasteiger partial charge on any atom is 0.323 e. The minimum absolute atomic E-state index is 0.00309. The first kappa shape index (κ1) is 24.3. The van der Waals surface area contributed by atoms with E-state index >= 15 is 4.39 Å². The molecular weight excluding hydrogens is 444 g/mol. The van der Waals surface area contributed by atoms with Crippen LogP contribution in [-0.4, -0.2) is 57.1 Å². The number of rotatable bonds is 9. The second-order valence-electron chi connectivity index (χ2n) is 8.01. The monoisotopic (exact) mass is 473 g/mol. The Labute approximate surface area is 185 Å². The molecule has 1 aliphatic rings. The van der Waals surface area contributed by atoms with Gasteiger partial charge in [0.05, 0.1) is 12.4 Å². The smallest absolute Gasteiger partial charge is 0.323 e. The van der Waals surface area contributed by atoms with Gasteiger partial charge in [0.15, 0.2) is 17.0 Å². The van der Waals surface area contributed by atoms with Gasteiger partial charge in [-0.3, -0.25) is 13.9 Å². The molecule has 1 saturated heterocycles. The Bertz CT molecular complexity index is 1010. The lowest BCUT2D eigenvalue weighted by Crippen LogP contribution is -2.34. The van der Waals surface area contributed by atoms with E-state index in [2.05, 4.69) is 25.4 Å². The predicted molar refractivity (Wildman–Crippen MR) is 116 cm³/mol. The summed E-state index contributed by atoms with van der Waals surface area (Å²) in [6, 6.07) is -0.862. The molecule has 0 spiro atoms. The second kappa shape index (κ2) is 9.65. The average Bonchev–Trinajstić information content (AvgIpc) is 3.25. The van der Waals surface area contributed by atoms with Gasteiger partial charge in [0.2, 0.25) is 11.8 Å². The Hall–Kier alpha value is -2.34. The van der Waals surface area contributed by atoms with E-state index in [0.29, 0.717) is 17.0 Å². The summed E-state index contributed by atoms with van der Waals surface area (Å²) in [6.45, 7) is 6.14. The van der Waals surface area contributed by atoms with Crippen molar-refractivity contribution in [2.75, 3.05) is 24.7 Å². The average molecular weight is 473 g/mol. The number of halogens is 1. The molecule has 3 rings (SSSR count). The summed E-state index contributed by atoms with van der Waals surface area (Å²) in [5, 5.41) is 5.39. The fraction of sp³-hybridized carbons (Fsp3) is 0.667. The molecule has 1 unspecified atom stereocenters. The zero-order valence-corrected chi connectivity index (χ0v) is 19.6. The number of carbonyl (C=O) groups excluding carboxylic acids is 1. The quantitative estimate of drug-likeness (QED) is 0.362. The van der Waals surface area contributed by atoms with Gasteiger partial charge in [-0.15, -0.1) is 0 Å². The first-order valence-corrected chi connectivity index (χ1v) is 11.5. The van der Waals surface area contributed by atoms with Crippen molar-refractivity contribution in [2.24, 2.45) is 5.92 Å². The van der Waals surface area contributed by atoms with E-state index in [1.165, 1.54) is 13.3 Å². The topological polar surface area (TPSA) is 156 Å². The van der Waals surface area contributed by atoms with E-state index < -0.39 is 38.9 Å². The van der Waals surface area contributed by atoms with E-state index in [1.54, 1.807) is 25.5 Å². The lowest BCUT2D eigenvalue weighted by atomic mass is 10.1. The van der Waals surface area contributed by atoms with Crippen LogP contribution >= 0.6 is 8.18 Å². The summed E-state index contributed by atoms with van der Waals surface area (Å²) in [5.41, 5.74) is 6.65. The highest BCUT2D eigenvalue weighted by Gasteiger charge is 2.47. The Morgan fingerprint density at radius 1 is 1.47 bits per heavy atom. The van der Waals surface area contributed by atoms with Crippen LogP contribution in [0.3, 0.4) is 0 Å². The van der Waals surface area contributed by atoms with Crippen LogP contribution < -0.4 is 16.1 Å². The summed E-state index contributed by atoms with van der Waals surface area (Å²) in [7, 11) is -1.24. The van der Waals surface area contributed by atoms with Crippen molar-refractivity contribution in [1.29, 1.82) is 0 Å². The molecule has 0 saturated carbocycles. The number of aromatic nitrogens is 4. The molecule has 5 atom stereocenters. The van der Waals surface area contributed by atoms with Gasteiger partial charge in [0, 0.05) is 19.4 Å². The number of anilines is 2. The van der Waals surface area contributed by atoms with Crippen LogP contribution in [0, 0.1) is 5.92 Å². The highest BCUT2D eigenvalue weighted by molar-refractivity contribution is 7.36. The summed E-state index contributed by atoms with van der Waals surface area (Å²) >= 11 is 0. The van der Waals surface area contributed by atoms with E-state index in [1.807, 2.05) is 6.92 Å². The minimum atomic E-state index is -2.92. The molecule has 0 aliphatic carbocycles. The van der Waals surface area contributed by atoms with E-state index in [9.17, 15) is 9.36 Å². The van der Waals surface area contributed by atoms with Gasteiger partial charge in [-0.2, -0.15) is 9.97 Å². The van der Waals surface area contributed by atoms with Crippen LogP contribution in [0.1, 0.15) is 40.3 Å². The van der Waals surface area contributed by atoms with Crippen LogP contribution in [-0.2, 0) is 23.4 Å². The molecule has 2 aromatic rings. The third-order valence-corrected chi connectivity index (χ3v) is 5.93. The maximum absolute atomic E-state index is 15.4. The molecule has 0 aromatic carbocycles. The highest BCUT2D eigenvalue weighted by Crippen LogP contribution is 2.44. The molecule has 1 aliphatic heterocycles. The van der Waals surface area contributed by atoms with E-state index in [-0.39, 0.29) is 24.4 Å². The molecule has 14 heteroatoms. The third kappa shape index (κ3) is 5.34. The normalized spacial score (nSPS) is 25.2. The molecule has 178 valence electrons. The number of nitrogens with one attached hydrogen (secondary N) is 2. The number of alkyl halides is 1. The molecule has 3 heterocycles. The van der Waals surface area contributed by atoms with Gasteiger partial charge < -0.3 is 25.0 Å². The van der Waals surface area contributed by atoms with Gasteiger partial charge >= 0.3 is 5.97 Å². The van der Waals surface area contributed by atoms with Gasteiger partial charge in [0.1, 0.15) is 18.9 Å². The minimum Gasteiger partial charge on any atom is -0.462 e. The number of nitrogens with two attached hydrogens (primary N) is 1. The van der Waals surface area contributed by atoms with Crippen molar-refractivity contribution in [3.05, 3.63) is 6.33 Å². The zero-order valence-electron chi connectivity index (χ0n) is 18.6. The lowest BCUT2D eigenvalue weighted by Gasteiger charge is -2.22. The van der Waals surface area contributed by atoms with Gasteiger partial charge in [0.25, 0.3) is 8.18 Å². The number of hydrogen-bond donors (Lipinski definition) is 3. The number of hydrogen-bond acceptors (Lipinski definition) is 10. The zero-order chi connectivity index (χ0) is 23.6. The number of imidazole rings is 1. The van der Waals surface area contributed by atoms with Gasteiger partial charge in [-0.1, -0.05) is 6.92 Å². The van der Waals surface area contributed by atoms with Gasteiger partial charge in [-0.25, -0.2) is 14.5 Å². The number of carbonyl (C=O) groups is 1. The molecule has 1 fully saturated rings. The van der Waals surface area contributed by atoms with Crippen molar-refractivity contribution in [3.8, 4) is 0 Å². The van der Waals surface area contributed by atoms with Gasteiger partial charge in [-0.05, 0) is 20.8 Å². The Morgan fingerprint density at radius 2 is 2.19 bits per heavy atom. The Kier molecular flexibility index (Phi) is 7.33. The van der Waals surface area contributed by atoms with Crippen molar-refractivity contribution in [3.63, 3.8) is 0 Å². The van der Waals surface area contributed by atoms with Crippen molar-refractivity contribution < 1.29 is 27.7 Å². The fourth-order valence-electron chi connectivity index (χ4n) is 3.47. The summed E-state index contributed by atoms with van der Waals surface area (Å²) in [4.78, 5) is 24.4. The Balaban J connectivity index is 1.65. The third-order valence-electron chi connectivity index (χ3n) is 4.85. The molecule has 2 aromatic heterocycles. The highest BCUT2D eigenvalue weighted by atomic mass is 31.1. The molecule has 0 radical (unpaired) electrons.